The van der Waals surface area contributed by atoms with Crippen LogP contribution in [0.4, 0.5) is 0 Å². The van der Waals surface area contributed by atoms with Crippen molar-refractivity contribution in [1.82, 2.24) is 10.1 Å². The van der Waals surface area contributed by atoms with E-state index in [1.807, 2.05) is 0 Å². The molecule has 0 aromatic carbocycles. The van der Waals surface area contributed by atoms with Crippen LogP contribution in [0.2, 0.25) is 0 Å². The molecule has 1 heterocycles. The van der Waals surface area contributed by atoms with Gasteiger partial charge in [-0.2, -0.15) is 4.98 Å². The Balaban J connectivity index is 1.80. The second kappa shape index (κ2) is 7.77. The first-order valence-corrected chi connectivity index (χ1v) is 8.25. The van der Waals surface area contributed by atoms with E-state index in [0.717, 1.165) is 43.4 Å². The SMILES string of the molecule is CCC1CCC(c2noc(CCC(C)CCN)n2)CC1. The van der Waals surface area contributed by atoms with Gasteiger partial charge in [-0.25, -0.2) is 0 Å². The summed E-state index contributed by atoms with van der Waals surface area (Å²) in [7, 11) is 0. The third-order valence-electron chi connectivity index (χ3n) is 4.78. The van der Waals surface area contributed by atoms with Crippen molar-refractivity contribution in [3.8, 4) is 0 Å². The summed E-state index contributed by atoms with van der Waals surface area (Å²) in [5.74, 6) is 3.82. The number of nitrogens with two attached hydrogens (primary N) is 1. The Morgan fingerprint density at radius 3 is 2.65 bits per heavy atom. The molecule has 1 aliphatic rings. The van der Waals surface area contributed by atoms with Gasteiger partial charge in [-0.15, -0.1) is 0 Å². The number of hydrogen-bond acceptors (Lipinski definition) is 4. The smallest absolute Gasteiger partial charge is 0.226 e. The Bertz CT molecular complexity index is 383. The largest absolute Gasteiger partial charge is 0.339 e. The molecule has 0 aliphatic heterocycles. The van der Waals surface area contributed by atoms with Crippen LogP contribution in [0, 0.1) is 11.8 Å². The van der Waals surface area contributed by atoms with Crippen LogP contribution in [0.3, 0.4) is 0 Å². The Kier molecular flexibility index (Phi) is 6.02. The summed E-state index contributed by atoms with van der Waals surface area (Å²) in [6.45, 7) is 5.28. The quantitative estimate of drug-likeness (QED) is 0.827. The van der Waals surface area contributed by atoms with Crippen molar-refractivity contribution in [2.45, 2.75) is 71.1 Å². The third-order valence-corrected chi connectivity index (χ3v) is 4.78. The van der Waals surface area contributed by atoms with E-state index in [-0.39, 0.29) is 0 Å². The highest BCUT2D eigenvalue weighted by molar-refractivity contribution is 4.97. The lowest BCUT2D eigenvalue weighted by molar-refractivity contribution is 0.302. The molecule has 114 valence electrons. The average molecular weight is 279 g/mol. The Morgan fingerprint density at radius 1 is 1.25 bits per heavy atom. The van der Waals surface area contributed by atoms with Crippen LogP contribution in [0.5, 0.6) is 0 Å². The molecule has 0 saturated heterocycles. The fourth-order valence-corrected chi connectivity index (χ4v) is 3.16. The highest BCUT2D eigenvalue weighted by atomic mass is 16.5. The molecule has 4 heteroatoms. The van der Waals surface area contributed by atoms with Crippen molar-refractivity contribution >= 4 is 0 Å². The number of aromatic nitrogens is 2. The van der Waals surface area contributed by atoms with Crippen molar-refractivity contribution in [3.63, 3.8) is 0 Å². The molecule has 0 bridgehead atoms. The second-order valence-electron chi connectivity index (χ2n) is 6.39. The molecular formula is C16H29N3O. The Morgan fingerprint density at radius 2 is 2.00 bits per heavy atom. The van der Waals surface area contributed by atoms with Crippen molar-refractivity contribution in [1.29, 1.82) is 0 Å². The lowest BCUT2D eigenvalue weighted by Gasteiger charge is -2.25. The maximum atomic E-state index is 5.57. The fourth-order valence-electron chi connectivity index (χ4n) is 3.16. The van der Waals surface area contributed by atoms with E-state index in [1.165, 1.54) is 32.1 Å². The summed E-state index contributed by atoms with van der Waals surface area (Å²) >= 11 is 0. The zero-order valence-electron chi connectivity index (χ0n) is 13.0. The van der Waals surface area contributed by atoms with Gasteiger partial charge >= 0.3 is 0 Å². The van der Waals surface area contributed by atoms with Crippen LogP contribution in [0.1, 0.15) is 76.4 Å². The van der Waals surface area contributed by atoms with Crippen molar-refractivity contribution < 1.29 is 4.52 Å². The van der Waals surface area contributed by atoms with Crippen LogP contribution >= 0.6 is 0 Å². The summed E-state index contributed by atoms with van der Waals surface area (Å²) in [5.41, 5.74) is 5.57. The minimum absolute atomic E-state index is 0.525. The average Bonchev–Trinajstić information content (AvgIpc) is 2.94. The summed E-state index contributed by atoms with van der Waals surface area (Å²) < 4.78 is 5.41. The lowest BCUT2D eigenvalue weighted by atomic mass is 9.80. The van der Waals surface area contributed by atoms with Crippen LogP contribution in [0.15, 0.2) is 4.52 Å². The van der Waals surface area contributed by atoms with Gasteiger partial charge < -0.3 is 10.3 Å². The van der Waals surface area contributed by atoms with E-state index in [9.17, 15) is 0 Å². The minimum atomic E-state index is 0.525. The van der Waals surface area contributed by atoms with Crippen molar-refractivity contribution in [2.24, 2.45) is 17.6 Å². The molecule has 0 radical (unpaired) electrons. The maximum Gasteiger partial charge on any atom is 0.226 e. The minimum Gasteiger partial charge on any atom is -0.339 e. The molecule has 1 aromatic heterocycles. The highest BCUT2D eigenvalue weighted by Crippen LogP contribution is 2.35. The number of nitrogens with zero attached hydrogens (tertiary/aromatic N) is 2. The van der Waals surface area contributed by atoms with Gasteiger partial charge in [0.2, 0.25) is 5.89 Å². The van der Waals surface area contributed by atoms with Crippen LogP contribution in [0.25, 0.3) is 0 Å². The molecular weight excluding hydrogens is 250 g/mol. The number of aryl methyl sites for hydroxylation is 1. The first kappa shape index (κ1) is 15.5. The standard InChI is InChI=1S/C16H29N3O/c1-3-13-5-7-14(8-6-13)16-18-15(20-19-16)9-4-12(2)10-11-17/h12-14H,3-11,17H2,1-2H3. The molecule has 20 heavy (non-hydrogen) atoms. The monoisotopic (exact) mass is 279 g/mol. The molecule has 0 spiro atoms. The lowest BCUT2D eigenvalue weighted by Crippen LogP contribution is -2.13. The number of rotatable bonds is 7. The molecule has 2 N–H and O–H groups in total. The predicted octanol–water partition coefficient (Wildman–Crippen LogP) is 3.67. The Labute approximate surface area is 122 Å². The van der Waals surface area contributed by atoms with E-state index < -0.39 is 0 Å². The van der Waals surface area contributed by atoms with Gasteiger partial charge in [-0.1, -0.05) is 25.4 Å². The summed E-state index contributed by atoms with van der Waals surface area (Å²) in [5, 5.41) is 4.20. The van der Waals surface area contributed by atoms with Crippen molar-refractivity contribution in [2.75, 3.05) is 6.54 Å². The van der Waals surface area contributed by atoms with Crippen LogP contribution in [-0.2, 0) is 6.42 Å². The maximum absolute atomic E-state index is 5.57. The topological polar surface area (TPSA) is 64.9 Å². The van der Waals surface area contributed by atoms with Gasteiger partial charge in [0.05, 0.1) is 0 Å². The van der Waals surface area contributed by atoms with E-state index in [1.54, 1.807) is 0 Å². The van der Waals surface area contributed by atoms with Crippen LogP contribution < -0.4 is 5.73 Å². The molecule has 2 rings (SSSR count). The number of hydrogen-bond donors (Lipinski definition) is 1. The van der Waals surface area contributed by atoms with Gasteiger partial charge in [0.1, 0.15) is 0 Å². The normalized spacial score (nSPS) is 24.8. The Hall–Kier alpha value is -0.900. The van der Waals surface area contributed by atoms with Gasteiger partial charge in [0.15, 0.2) is 5.82 Å². The molecule has 1 aromatic rings. The fraction of sp³-hybridized carbons (Fsp3) is 0.875. The molecule has 1 unspecified atom stereocenters. The molecule has 4 nitrogen and oxygen atoms in total. The third kappa shape index (κ3) is 4.30. The van der Waals surface area contributed by atoms with E-state index in [2.05, 4.69) is 24.0 Å². The summed E-state index contributed by atoms with van der Waals surface area (Å²) in [6.07, 6.45) is 9.43. The zero-order valence-corrected chi connectivity index (χ0v) is 13.0. The predicted molar refractivity (Wildman–Crippen MR) is 80.4 cm³/mol. The van der Waals surface area contributed by atoms with Gasteiger partial charge in [0.25, 0.3) is 0 Å². The molecule has 1 fully saturated rings. The van der Waals surface area contributed by atoms with Gasteiger partial charge in [-0.3, -0.25) is 0 Å². The second-order valence-corrected chi connectivity index (χ2v) is 6.39. The van der Waals surface area contributed by atoms with Crippen molar-refractivity contribution in [3.05, 3.63) is 11.7 Å². The zero-order chi connectivity index (χ0) is 14.4. The van der Waals surface area contributed by atoms with Gasteiger partial charge in [0, 0.05) is 12.3 Å². The molecule has 1 aliphatic carbocycles. The molecule has 1 atom stereocenters. The summed E-state index contributed by atoms with van der Waals surface area (Å²) in [6, 6.07) is 0. The molecule has 1 saturated carbocycles. The van der Waals surface area contributed by atoms with Gasteiger partial charge in [-0.05, 0) is 56.9 Å². The highest BCUT2D eigenvalue weighted by Gasteiger charge is 2.25. The van der Waals surface area contributed by atoms with E-state index >= 15 is 0 Å². The van der Waals surface area contributed by atoms with E-state index in [4.69, 9.17) is 10.3 Å². The van der Waals surface area contributed by atoms with Crippen LogP contribution in [-0.4, -0.2) is 16.7 Å². The summed E-state index contributed by atoms with van der Waals surface area (Å²) in [4.78, 5) is 4.61. The first-order valence-electron chi connectivity index (χ1n) is 8.25. The van der Waals surface area contributed by atoms with E-state index in [0.29, 0.717) is 11.8 Å². The first-order chi connectivity index (χ1) is 9.72. The molecule has 0 amide bonds.